The van der Waals surface area contributed by atoms with Crippen LogP contribution < -0.4 is 0 Å². The molecule has 6 heteroatoms. The van der Waals surface area contributed by atoms with Crippen LogP contribution in [0.3, 0.4) is 0 Å². The number of rotatable bonds is 6. The summed E-state index contributed by atoms with van der Waals surface area (Å²) in [6, 6.07) is 16.3. The van der Waals surface area contributed by atoms with Gasteiger partial charge in [0.25, 0.3) is 5.91 Å². The molecular formula is C24H24FNO4. The molecule has 1 saturated heterocycles. The zero-order valence-corrected chi connectivity index (χ0v) is 17.0. The third-order valence-corrected chi connectivity index (χ3v) is 5.35. The molecule has 1 aliphatic carbocycles. The lowest BCUT2D eigenvalue weighted by Crippen LogP contribution is -2.32. The van der Waals surface area contributed by atoms with Crippen LogP contribution in [0.5, 0.6) is 0 Å². The van der Waals surface area contributed by atoms with Crippen molar-refractivity contribution in [2.24, 2.45) is 5.92 Å². The molecule has 2 aromatic carbocycles. The smallest absolute Gasteiger partial charge is 0.377 e. The van der Waals surface area contributed by atoms with E-state index < -0.39 is 11.8 Å². The summed E-state index contributed by atoms with van der Waals surface area (Å²) in [7, 11) is 0. The van der Waals surface area contributed by atoms with Crippen molar-refractivity contribution >= 4 is 11.9 Å². The molecule has 4 rings (SSSR count). The first-order valence-electron chi connectivity index (χ1n) is 10.0. The third kappa shape index (κ3) is 4.70. The number of halogens is 1. The maximum absolute atomic E-state index is 13.3. The maximum atomic E-state index is 13.3. The molecule has 1 aliphatic heterocycles. The second-order valence-electron chi connectivity index (χ2n) is 8.26. The second-order valence-corrected chi connectivity index (χ2v) is 8.26. The number of hydrogen-bond acceptors (Lipinski definition) is 4. The van der Waals surface area contributed by atoms with Gasteiger partial charge in [0.15, 0.2) is 0 Å². The fraction of sp³-hybridized carbons (Fsp3) is 0.333. The zero-order chi connectivity index (χ0) is 21.3. The molecule has 1 heterocycles. The van der Waals surface area contributed by atoms with Gasteiger partial charge in [0.05, 0.1) is 6.08 Å². The van der Waals surface area contributed by atoms with Gasteiger partial charge in [0, 0.05) is 26.9 Å². The Morgan fingerprint density at radius 3 is 2.47 bits per heavy atom. The number of nitrogens with zero attached hydrogens (tertiary/aromatic N) is 1. The van der Waals surface area contributed by atoms with Gasteiger partial charge in [-0.15, -0.1) is 0 Å². The molecule has 2 atom stereocenters. The van der Waals surface area contributed by atoms with E-state index in [4.69, 9.17) is 9.47 Å². The van der Waals surface area contributed by atoms with Crippen LogP contribution in [0.15, 0.2) is 66.4 Å². The van der Waals surface area contributed by atoms with E-state index in [0.29, 0.717) is 24.9 Å². The van der Waals surface area contributed by atoms with Gasteiger partial charge in [-0.2, -0.15) is 0 Å². The average Bonchev–Trinajstić information content (AvgIpc) is 3.42. The van der Waals surface area contributed by atoms with E-state index in [-0.39, 0.29) is 17.5 Å². The van der Waals surface area contributed by atoms with Gasteiger partial charge in [-0.05, 0) is 41.5 Å². The summed E-state index contributed by atoms with van der Waals surface area (Å²) in [5.74, 6) is -1.73. The first-order chi connectivity index (χ1) is 14.3. The van der Waals surface area contributed by atoms with Crippen molar-refractivity contribution in [3.8, 4) is 0 Å². The van der Waals surface area contributed by atoms with Crippen LogP contribution in [0.25, 0.3) is 0 Å². The van der Waals surface area contributed by atoms with E-state index in [1.54, 1.807) is 30.9 Å². The number of cyclic esters (lactones) is 1. The number of carbonyl (C=O) groups is 2. The molecule has 156 valence electrons. The van der Waals surface area contributed by atoms with Crippen molar-refractivity contribution < 1.29 is 23.5 Å². The quantitative estimate of drug-likeness (QED) is 0.531. The van der Waals surface area contributed by atoms with Crippen molar-refractivity contribution in [2.45, 2.75) is 38.5 Å². The van der Waals surface area contributed by atoms with Gasteiger partial charge in [-0.3, -0.25) is 4.79 Å². The van der Waals surface area contributed by atoms with E-state index in [0.717, 1.165) is 12.0 Å². The molecule has 0 aromatic heterocycles. The highest BCUT2D eigenvalue weighted by atomic mass is 19.1. The van der Waals surface area contributed by atoms with Gasteiger partial charge in [-0.25, -0.2) is 9.18 Å². The molecule has 0 spiro atoms. The van der Waals surface area contributed by atoms with Gasteiger partial charge in [-0.1, -0.05) is 42.5 Å². The molecule has 2 aliphatic rings. The van der Waals surface area contributed by atoms with Crippen LogP contribution >= 0.6 is 0 Å². The van der Waals surface area contributed by atoms with E-state index >= 15 is 0 Å². The van der Waals surface area contributed by atoms with Crippen molar-refractivity contribution in [1.82, 2.24) is 4.90 Å². The van der Waals surface area contributed by atoms with Crippen molar-refractivity contribution in [2.75, 3.05) is 6.54 Å². The molecule has 5 nitrogen and oxygen atoms in total. The second kappa shape index (κ2) is 7.94. The summed E-state index contributed by atoms with van der Waals surface area (Å²) >= 11 is 0. The monoisotopic (exact) mass is 409 g/mol. The molecule has 0 N–H and O–H groups in total. The number of benzene rings is 2. The lowest BCUT2D eigenvalue weighted by atomic mass is 10.1. The lowest BCUT2D eigenvalue weighted by molar-refractivity contribution is -0.159. The Morgan fingerprint density at radius 1 is 1.13 bits per heavy atom. The minimum atomic E-state index is -1.08. The number of ether oxygens (including phenoxy) is 2. The predicted octanol–water partition coefficient (Wildman–Crippen LogP) is 4.15. The Kier molecular flexibility index (Phi) is 5.33. The minimum Gasteiger partial charge on any atom is -0.445 e. The number of amides is 1. The molecule has 1 amide bonds. The highest BCUT2D eigenvalue weighted by Crippen LogP contribution is 2.47. The Balaban J connectivity index is 1.51. The van der Waals surface area contributed by atoms with E-state index in [9.17, 15) is 14.0 Å². The fourth-order valence-corrected chi connectivity index (χ4v) is 3.78. The largest absolute Gasteiger partial charge is 0.445 e. The SMILES string of the molecule is CC1(C)OC(=O)/C(=C/C(=O)N(Cc2ccc(F)cc2)C[C@H]2CC2c2ccccc2)O1. The minimum absolute atomic E-state index is 0.0930. The highest BCUT2D eigenvalue weighted by molar-refractivity contribution is 5.98. The Labute approximate surface area is 175 Å². The van der Waals surface area contributed by atoms with Crippen LogP contribution in [0, 0.1) is 11.7 Å². The van der Waals surface area contributed by atoms with E-state index in [1.165, 1.54) is 23.8 Å². The molecule has 0 bridgehead atoms. The molecule has 0 radical (unpaired) electrons. The normalized spacial score (nSPS) is 23.0. The maximum Gasteiger partial charge on any atom is 0.377 e. The number of carbonyl (C=O) groups excluding carboxylic acids is 2. The van der Waals surface area contributed by atoms with Crippen LogP contribution in [0.4, 0.5) is 4.39 Å². The standard InChI is InChI=1S/C24H24FNO4/c1-24(2)29-21(23(28)30-24)13-22(27)26(14-16-8-10-19(25)11-9-16)15-18-12-20(18)17-6-4-3-5-7-17/h3-11,13,18,20H,12,14-15H2,1-2H3/b21-13-/t18-,20?/m1/s1. The van der Waals surface area contributed by atoms with Crippen molar-refractivity contribution in [3.05, 3.63) is 83.4 Å². The van der Waals surface area contributed by atoms with Crippen molar-refractivity contribution in [1.29, 1.82) is 0 Å². The first kappa shape index (κ1) is 20.1. The van der Waals surface area contributed by atoms with Gasteiger partial charge in [0.2, 0.25) is 11.5 Å². The van der Waals surface area contributed by atoms with Gasteiger partial charge < -0.3 is 14.4 Å². The Hall–Kier alpha value is -3.15. The van der Waals surface area contributed by atoms with Crippen LogP contribution in [-0.4, -0.2) is 29.1 Å². The summed E-state index contributed by atoms with van der Waals surface area (Å²) in [4.78, 5) is 26.7. The molecule has 30 heavy (non-hydrogen) atoms. The molecule has 2 aromatic rings. The summed E-state index contributed by atoms with van der Waals surface area (Å²) < 4.78 is 23.8. The Morgan fingerprint density at radius 2 is 1.83 bits per heavy atom. The Bertz CT molecular complexity index is 968. The van der Waals surface area contributed by atoms with Crippen molar-refractivity contribution in [3.63, 3.8) is 0 Å². The average molecular weight is 409 g/mol. The topological polar surface area (TPSA) is 55.8 Å². The molecule has 2 fully saturated rings. The third-order valence-electron chi connectivity index (χ3n) is 5.35. The summed E-state index contributed by atoms with van der Waals surface area (Å²) in [5, 5.41) is 0. The van der Waals surface area contributed by atoms with Gasteiger partial charge >= 0.3 is 5.97 Å². The summed E-state index contributed by atoms with van der Waals surface area (Å²) in [6.45, 7) is 4.08. The van der Waals surface area contributed by atoms with Crippen LogP contribution in [0.2, 0.25) is 0 Å². The number of esters is 1. The summed E-state index contributed by atoms with van der Waals surface area (Å²) in [6.07, 6.45) is 2.19. The van der Waals surface area contributed by atoms with E-state index in [2.05, 4.69) is 12.1 Å². The zero-order valence-electron chi connectivity index (χ0n) is 17.0. The molecule has 1 saturated carbocycles. The number of hydrogen-bond donors (Lipinski definition) is 0. The predicted molar refractivity (Wildman–Crippen MR) is 108 cm³/mol. The van der Waals surface area contributed by atoms with E-state index in [1.807, 2.05) is 18.2 Å². The fourth-order valence-electron chi connectivity index (χ4n) is 3.78. The van der Waals surface area contributed by atoms with Crippen LogP contribution in [-0.2, 0) is 25.6 Å². The van der Waals surface area contributed by atoms with Crippen LogP contribution in [0.1, 0.15) is 37.3 Å². The van der Waals surface area contributed by atoms with Gasteiger partial charge in [0.1, 0.15) is 5.82 Å². The molecular weight excluding hydrogens is 385 g/mol. The lowest BCUT2D eigenvalue weighted by Gasteiger charge is -2.22. The summed E-state index contributed by atoms with van der Waals surface area (Å²) in [5.41, 5.74) is 2.08. The first-order valence-corrected chi connectivity index (χ1v) is 10.0. The highest BCUT2D eigenvalue weighted by Gasteiger charge is 2.41. The molecule has 1 unspecified atom stereocenters.